The summed E-state index contributed by atoms with van der Waals surface area (Å²) < 4.78 is 0. The molecule has 0 amide bonds. The fraction of sp³-hybridized carbons (Fsp3) is 0.650. The van der Waals surface area contributed by atoms with Crippen LogP contribution in [0.2, 0.25) is 0 Å². The topological polar surface area (TPSA) is 35.8 Å². The van der Waals surface area contributed by atoms with Crippen LogP contribution in [0.4, 0.5) is 0 Å². The van der Waals surface area contributed by atoms with Crippen LogP contribution >= 0.6 is 0 Å². The lowest BCUT2D eigenvalue weighted by Gasteiger charge is -2.49. The summed E-state index contributed by atoms with van der Waals surface area (Å²) in [7, 11) is 4.08. The second-order valence-electron chi connectivity index (χ2n) is 8.19. The van der Waals surface area contributed by atoms with Crippen LogP contribution in [0.1, 0.15) is 56.1 Å². The van der Waals surface area contributed by atoms with Crippen LogP contribution in [0.5, 0.6) is 5.75 Å². The molecule has 23 heavy (non-hydrogen) atoms. The Hall–Kier alpha value is -1.51. The van der Waals surface area contributed by atoms with E-state index in [0.717, 1.165) is 18.3 Å². The third-order valence-electron chi connectivity index (χ3n) is 6.77. The van der Waals surface area contributed by atoms with Crippen molar-refractivity contribution in [2.24, 2.45) is 22.4 Å². The molecule has 4 rings (SSSR count). The first-order valence-electron chi connectivity index (χ1n) is 9.06. The van der Waals surface area contributed by atoms with Crippen molar-refractivity contribution in [3.05, 3.63) is 29.3 Å². The molecule has 2 saturated carbocycles. The molecule has 0 radical (unpaired) electrons. The van der Waals surface area contributed by atoms with Crippen LogP contribution in [0.15, 0.2) is 23.3 Å². The highest BCUT2D eigenvalue weighted by Crippen LogP contribution is 2.59. The number of phenols is 1. The number of aryl methyl sites for hydroxylation is 1. The van der Waals surface area contributed by atoms with E-state index in [2.05, 4.69) is 13.0 Å². The molecule has 0 spiro atoms. The molecule has 0 aliphatic heterocycles. The SMILES string of the molecule is CN(C)/N=C1/CCC2C3CCc4cc(O)ccc4C3CCC12C. The number of fused-ring (bicyclic) bond motifs is 5. The Bertz CT molecular complexity index is 651. The van der Waals surface area contributed by atoms with Gasteiger partial charge in [-0.15, -0.1) is 0 Å². The predicted molar refractivity (Wildman–Crippen MR) is 93.8 cm³/mol. The summed E-state index contributed by atoms with van der Waals surface area (Å²) in [4.78, 5) is 0. The van der Waals surface area contributed by atoms with Crippen molar-refractivity contribution in [3.63, 3.8) is 0 Å². The predicted octanol–water partition coefficient (Wildman–Crippen LogP) is 4.17. The number of phenolic OH excluding ortho intramolecular Hbond substituents is 1. The fourth-order valence-electron chi connectivity index (χ4n) is 5.76. The van der Waals surface area contributed by atoms with Gasteiger partial charge in [0.25, 0.3) is 0 Å². The maximum absolute atomic E-state index is 9.77. The Labute approximate surface area is 139 Å². The maximum atomic E-state index is 9.77. The van der Waals surface area contributed by atoms with Gasteiger partial charge in [0, 0.05) is 25.2 Å². The molecule has 0 bridgehead atoms. The van der Waals surface area contributed by atoms with Crippen LogP contribution in [0.3, 0.4) is 0 Å². The third kappa shape index (κ3) is 2.28. The van der Waals surface area contributed by atoms with Crippen molar-refractivity contribution in [2.45, 2.75) is 51.4 Å². The number of nitrogens with zero attached hydrogens (tertiary/aromatic N) is 2. The van der Waals surface area contributed by atoms with Crippen LogP contribution in [-0.2, 0) is 6.42 Å². The second kappa shape index (κ2) is 5.25. The first-order valence-corrected chi connectivity index (χ1v) is 9.06. The molecule has 1 N–H and O–H groups in total. The summed E-state index contributed by atoms with van der Waals surface area (Å²) in [6, 6.07) is 6.06. The van der Waals surface area contributed by atoms with E-state index in [0.29, 0.717) is 17.1 Å². The lowest BCUT2D eigenvalue weighted by atomic mass is 9.55. The summed E-state index contributed by atoms with van der Waals surface area (Å²) in [6.45, 7) is 2.47. The van der Waals surface area contributed by atoms with Crippen molar-refractivity contribution in [3.8, 4) is 5.75 Å². The fourth-order valence-corrected chi connectivity index (χ4v) is 5.76. The molecule has 1 aromatic rings. The normalized spacial score (nSPS) is 37.2. The van der Waals surface area contributed by atoms with E-state index in [1.807, 2.05) is 31.2 Å². The van der Waals surface area contributed by atoms with Gasteiger partial charge in [0.05, 0.1) is 0 Å². The van der Waals surface area contributed by atoms with Gasteiger partial charge >= 0.3 is 0 Å². The van der Waals surface area contributed by atoms with Crippen LogP contribution in [0.25, 0.3) is 0 Å². The summed E-state index contributed by atoms with van der Waals surface area (Å²) in [6.07, 6.45) is 7.39. The van der Waals surface area contributed by atoms with E-state index in [-0.39, 0.29) is 0 Å². The summed E-state index contributed by atoms with van der Waals surface area (Å²) in [5, 5.41) is 16.6. The first kappa shape index (κ1) is 15.0. The number of benzene rings is 1. The Balaban J connectivity index is 1.67. The summed E-state index contributed by atoms with van der Waals surface area (Å²) in [5.74, 6) is 2.68. The van der Waals surface area contributed by atoms with Crippen molar-refractivity contribution in [1.82, 2.24) is 5.01 Å². The zero-order valence-corrected chi connectivity index (χ0v) is 14.5. The number of rotatable bonds is 1. The Morgan fingerprint density at radius 2 is 2.00 bits per heavy atom. The minimum absolute atomic E-state index is 0.305. The average molecular weight is 312 g/mol. The molecule has 1 aromatic carbocycles. The molecule has 3 nitrogen and oxygen atoms in total. The van der Waals surface area contributed by atoms with E-state index < -0.39 is 0 Å². The molecule has 3 aliphatic carbocycles. The third-order valence-corrected chi connectivity index (χ3v) is 6.77. The van der Waals surface area contributed by atoms with E-state index in [9.17, 15) is 5.11 Å². The van der Waals surface area contributed by atoms with Crippen molar-refractivity contribution >= 4 is 5.71 Å². The minimum Gasteiger partial charge on any atom is -0.508 e. The number of hydrogen-bond donors (Lipinski definition) is 1. The van der Waals surface area contributed by atoms with Gasteiger partial charge in [-0.05, 0) is 79.5 Å². The van der Waals surface area contributed by atoms with E-state index in [4.69, 9.17) is 5.10 Å². The second-order valence-corrected chi connectivity index (χ2v) is 8.19. The van der Waals surface area contributed by atoms with Gasteiger partial charge in [0.15, 0.2) is 0 Å². The number of aromatic hydroxyl groups is 1. The molecular weight excluding hydrogens is 284 g/mol. The zero-order valence-electron chi connectivity index (χ0n) is 14.5. The highest BCUT2D eigenvalue weighted by Gasteiger charge is 2.53. The lowest BCUT2D eigenvalue weighted by molar-refractivity contribution is 0.0948. The Morgan fingerprint density at radius 3 is 2.78 bits per heavy atom. The van der Waals surface area contributed by atoms with Gasteiger partial charge in [-0.25, -0.2) is 0 Å². The van der Waals surface area contributed by atoms with Gasteiger partial charge in [-0.1, -0.05) is 13.0 Å². The quantitative estimate of drug-likeness (QED) is 0.790. The molecule has 0 saturated heterocycles. The van der Waals surface area contributed by atoms with Crippen molar-refractivity contribution in [1.29, 1.82) is 0 Å². The standard InChI is InChI=1S/C20H28N2O/c1-20-11-10-16-15-7-5-14(23)12-13(15)4-6-17(16)18(20)8-9-19(20)21-22(2)3/h5,7,12,16-18,23H,4,6,8-11H2,1-3H3/b21-19-. The lowest BCUT2D eigenvalue weighted by Crippen LogP contribution is -2.42. The molecule has 2 fully saturated rings. The highest BCUT2D eigenvalue weighted by atomic mass is 16.3. The monoisotopic (exact) mass is 312 g/mol. The van der Waals surface area contributed by atoms with Crippen LogP contribution in [-0.4, -0.2) is 29.9 Å². The largest absolute Gasteiger partial charge is 0.508 e. The van der Waals surface area contributed by atoms with Crippen LogP contribution in [0, 0.1) is 17.3 Å². The first-order chi connectivity index (χ1) is 11.0. The highest BCUT2D eigenvalue weighted by molar-refractivity contribution is 5.92. The molecule has 0 aromatic heterocycles. The Morgan fingerprint density at radius 1 is 1.17 bits per heavy atom. The smallest absolute Gasteiger partial charge is 0.115 e. The van der Waals surface area contributed by atoms with E-state index >= 15 is 0 Å². The average Bonchev–Trinajstić information content (AvgIpc) is 2.83. The van der Waals surface area contributed by atoms with Gasteiger partial charge in [-0.2, -0.15) is 5.10 Å². The van der Waals surface area contributed by atoms with Gasteiger partial charge in [0.2, 0.25) is 0 Å². The molecule has 0 heterocycles. The maximum Gasteiger partial charge on any atom is 0.115 e. The number of hydrogen-bond acceptors (Lipinski definition) is 3. The van der Waals surface area contributed by atoms with Gasteiger partial charge < -0.3 is 10.1 Å². The summed E-state index contributed by atoms with van der Waals surface area (Å²) >= 11 is 0. The Kier molecular flexibility index (Phi) is 3.44. The summed E-state index contributed by atoms with van der Waals surface area (Å²) in [5.41, 5.74) is 4.64. The van der Waals surface area contributed by atoms with Crippen LogP contribution < -0.4 is 0 Å². The number of hydrazone groups is 1. The molecule has 3 heteroatoms. The van der Waals surface area contributed by atoms with Crippen molar-refractivity contribution in [2.75, 3.05) is 14.1 Å². The van der Waals surface area contributed by atoms with Gasteiger partial charge in [-0.3, -0.25) is 0 Å². The molecule has 124 valence electrons. The zero-order chi connectivity index (χ0) is 16.2. The molecule has 4 atom stereocenters. The van der Waals surface area contributed by atoms with Crippen molar-refractivity contribution < 1.29 is 5.11 Å². The molecular formula is C20H28N2O. The van der Waals surface area contributed by atoms with Gasteiger partial charge in [0.1, 0.15) is 5.75 Å². The molecule has 4 unspecified atom stereocenters. The molecule has 3 aliphatic rings. The van der Waals surface area contributed by atoms with E-state index in [1.54, 1.807) is 0 Å². The van der Waals surface area contributed by atoms with E-state index in [1.165, 1.54) is 48.9 Å². The minimum atomic E-state index is 0.305.